The molecular weight excluding hydrogens is 570 g/mol. The van der Waals surface area contributed by atoms with Crippen LogP contribution in [0.15, 0.2) is 12.1 Å². The molecule has 8 heteroatoms. The van der Waals surface area contributed by atoms with E-state index in [9.17, 15) is 20.1 Å². The number of epoxide rings is 1. The predicted molar refractivity (Wildman–Crippen MR) is 167 cm³/mol. The van der Waals surface area contributed by atoms with E-state index < -0.39 is 57.8 Å². The number of nitrogens with one attached hydrogen (secondary N) is 1. The first-order valence-corrected chi connectivity index (χ1v) is 17.2. The van der Waals surface area contributed by atoms with Gasteiger partial charge in [0.2, 0.25) is 0 Å². The van der Waals surface area contributed by atoms with E-state index in [0.29, 0.717) is 18.8 Å². The lowest BCUT2D eigenvalue weighted by Gasteiger charge is -2.66. The van der Waals surface area contributed by atoms with Crippen LogP contribution in [-0.2, 0) is 32.5 Å². The van der Waals surface area contributed by atoms with Gasteiger partial charge >= 0.3 is 0 Å². The van der Waals surface area contributed by atoms with Crippen LogP contribution in [0.5, 0.6) is 0 Å². The summed E-state index contributed by atoms with van der Waals surface area (Å²) in [6.45, 7) is 16.3. The van der Waals surface area contributed by atoms with Gasteiger partial charge in [0.05, 0.1) is 28.8 Å². The molecule has 2 saturated carbocycles. The van der Waals surface area contributed by atoms with Crippen LogP contribution in [0.4, 0.5) is 0 Å². The molecule has 244 valence electrons. The summed E-state index contributed by atoms with van der Waals surface area (Å²) in [5, 5.41) is 36.4. The second kappa shape index (κ2) is 8.07. The molecule has 7 aliphatic rings. The number of aliphatic hydroxyl groups excluding tert-OH is 1. The molecule has 2 aromatic rings. The Bertz CT molecular complexity index is 1690. The molecule has 4 N–H and O–H groups in total. The highest BCUT2D eigenvalue weighted by Crippen LogP contribution is 2.75. The fourth-order valence-electron chi connectivity index (χ4n) is 12.6. The Hall–Kier alpha value is -1.81. The molecular formula is C37H49NO7. The number of aromatic amines is 1. The van der Waals surface area contributed by atoms with Crippen LogP contribution in [0.2, 0.25) is 0 Å². The summed E-state index contributed by atoms with van der Waals surface area (Å²) in [4.78, 5) is 18.0. The lowest BCUT2D eigenvalue weighted by Crippen LogP contribution is -2.76. The number of aliphatic hydroxyl groups is 3. The van der Waals surface area contributed by atoms with Crippen LogP contribution < -0.4 is 0 Å². The summed E-state index contributed by atoms with van der Waals surface area (Å²) >= 11 is 0. The zero-order valence-electron chi connectivity index (χ0n) is 27.9. The van der Waals surface area contributed by atoms with Gasteiger partial charge in [-0.1, -0.05) is 13.8 Å². The molecule has 0 bridgehead atoms. The maximum atomic E-state index is 14.2. The van der Waals surface area contributed by atoms with Crippen LogP contribution in [0.25, 0.3) is 10.9 Å². The molecule has 1 aromatic heterocycles. The lowest BCUT2D eigenvalue weighted by molar-refractivity contribution is -0.280. The zero-order valence-corrected chi connectivity index (χ0v) is 27.9. The van der Waals surface area contributed by atoms with Crippen molar-refractivity contribution in [3.8, 4) is 0 Å². The number of aromatic nitrogens is 1. The molecule has 4 heterocycles. The number of Topliss-reactive ketones (excluding diaryl/α,β-unsaturated/α-hetero) is 1. The quantitative estimate of drug-likeness (QED) is 0.346. The number of hydrogen-bond donors (Lipinski definition) is 4. The Morgan fingerprint density at radius 3 is 2.42 bits per heavy atom. The van der Waals surface area contributed by atoms with Gasteiger partial charge in [-0.05, 0) is 109 Å². The molecule has 1 aromatic carbocycles. The van der Waals surface area contributed by atoms with Crippen molar-refractivity contribution in [1.82, 2.24) is 4.98 Å². The molecule has 11 atom stereocenters. The minimum absolute atomic E-state index is 0.106. The smallest absolute Gasteiger partial charge is 0.169 e. The molecule has 0 radical (unpaired) electrons. The average Bonchev–Trinajstić information content (AvgIpc) is 3.44. The second-order valence-electron chi connectivity index (χ2n) is 17.8. The summed E-state index contributed by atoms with van der Waals surface area (Å²) in [5.74, 6) is 0.467. The molecule has 0 amide bonds. The summed E-state index contributed by atoms with van der Waals surface area (Å²) in [6, 6.07) is 4.11. The van der Waals surface area contributed by atoms with Gasteiger partial charge in [-0.15, -0.1) is 0 Å². The Morgan fingerprint density at radius 2 is 1.71 bits per heavy atom. The number of ketones is 1. The normalized spacial score (nSPS) is 48.5. The molecule has 4 aliphatic carbocycles. The van der Waals surface area contributed by atoms with Crippen molar-refractivity contribution in [2.24, 2.45) is 23.2 Å². The first kappa shape index (κ1) is 29.3. The number of carbonyl (C=O) groups is 1. The Kier molecular flexibility index (Phi) is 5.26. The summed E-state index contributed by atoms with van der Waals surface area (Å²) in [5.41, 5.74) is 0.255. The van der Waals surface area contributed by atoms with E-state index in [1.807, 2.05) is 6.07 Å². The van der Waals surface area contributed by atoms with Crippen molar-refractivity contribution in [1.29, 1.82) is 0 Å². The third-order valence-corrected chi connectivity index (χ3v) is 14.8. The zero-order chi connectivity index (χ0) is 32.1. The first-order chi connectivity index (χ1) is 20.8. The van der Waals surface area contributed by atoms with Gasteiger partial charge in [-0.25, -0.2) is 0 Å². The Morgan fingerprint density at radius 1 is 0.978 bits per heavy atom. The summed E-state index contributed by atoms with van der Waals surface area (Å²) < 4.78 is 19.4. The predicted octanol–water partition coefficient (Wildman–Crippen LogP) is 4.52. The van der Waals surface area contributed by atoms with E-state index in [0.717, 1.165) is 42.3 Å². The molecule has 5 fully saturated rings. The number of benzene rings is 1. The van der Waals surface area contributed by atoms with Crippen molar-refractivity contribution in [3.63, 3.8) is 0 Å². The minimum Gasteiger partial charge on any atom is -0.388 e. The van der Waals surface area contributed by atoms with E-state index in [4.69, 9.17) is 14.2 Å². The fraction of sp³-hybridized carbons (Fsp3) is 0.757. The number of hydrogen-bond acceptors (Lipinski definition) is 7. The third kappa shape index (κ3) is 3.06. The standard InChI is InChI=1S/C37H49NO7/c1-31(2,41)29-27(40)30-37(44-30)23(43-29)12-13-34(7)35(8)17(11-14-36(34,37)42)15-20-24-19-16-21-25(33(5,6)45-32(21,3)4)26(39)18(19)9-10-22(24)38-28(20)35/h9-10,17,21,23,25,27,29-30,38,40-42H,11-16H2,1-8H3/t17-,21-,23-,25-,27+,29-,30+,34+,35+,36-,37-/m0/s1. The molecule has 45 heavy (non-hydrogen) atoms. The highest BCUT2D eigenvalue weighted by Gasteiger charge is 2.86. The minimum atomic E-state index is -1.23. The van der Waals surface area contributed by atoms with Gasteiger partial charge in [-0.2, -0.15) is 0 Å². The molecule has 9 rings (SSSR count). The first-order valence-electron chi connectivity index (χ1n) is 17.2. The monoisotopic (exact) mass is 619 g/mol. The Labute approximate surface area is 265 Å². The van der Waals surface area contributed by atoms with Gasteiger partial charge in [0.1, 0.15) is 23.9 Å². The molecule has 1 spiro atoms. The molecule has 3 saturated heterocycles. The van der Waals surface area contributed by atoms with E-state index in [2.05, 4.69) is 52.6 Å². The number of ether oxygens (including phenoxy) is 3. The van der Waals surface area contributed by atoms with E-state index in [1.54, 1.807) is 13.8 Å². The number of carbonyl (C=O) groups excluding carboxylic acids is 1. The van der Waals surface area contributed by atoms with Gasteiger partial charge in [-0.3, -0.25) is 4.79 Å². The van der Waals surface area contributed by atoms with Crippen molar-refractivity contribution < 1.29 is 34.3 Å². The lowest BCUT2D eigenvalue weighted by atomic mass is 9.40. The van der Waals surface area contributed by atoms with Crippen molar-refractivity contribution >= 4 is 16.7 Å². The molecule has 3 aliphatic heterocycles. The van der Waals surface area contributed by atoms with Gasteiger partial charge < -0.3 is 34.5 Å². The topological polar surface area (TPSA) is 125 Å². The van der Waals surface area contributed by atoms with Crippen molar-refractivity contribution in [2.75, 3.05) is 0 Å². The van der Waals surface area contributed by atoms with Crippen LogP contribution in [0.1, 0.15) is 108 Å². The van der Waals surface area contributed by atoms with Gasteiger partial charge in [0.25, 0.3) is 0 Å². The van der Waals surface area contributed by atoms with Crippen LogP contribution in [0, 0.1) is 23.2 Å². The Balaban J connectivity index is 1.17. The fourth-order valence-corrected chi connectivity index (χ4v) is 12.6. The molecule has 0 unspecified atom stereocenters. The van der Waals surface area contributed by atoms with Gasteiger partial charge in [0, 0.05) is 38.9 Å². The van der Waals surface area contributed by atoms with E-state index >= 15 is 0 Å². The largest absolute Gasteiger partial charge is 0.388 e. The summed E-state index contributed by atoms with van der Waals surface area (Å²) in [7, 11) is 0. The average molecular weight is 620 g/mol. The third-order valence-electron chi connectivity index (χ3n) is 14.8. The number of H-pyrrole nitrogens is 1. The SMILES string of the molecule is CC(C)(O)[C@H]1O[C@H]2CC[C@@]3(C)[C@@](O)(CC[C@H]4Cc5c([nH]c6ccc7c(c56)C[C@H]5[C@@H](C7=O)C(C)(C)OC5(C)C)[C@@]43C)[C@]23O[C@@H]3[C@@H]1O. The second-order valence-corrected chi connectivity index (χ2v) is 17.8. The van der Waals surface area contributed by atoms with Crippen molar-refractivity contribution in [3.05, 3.63) is 34.5 Å². The highest BCUT2D eigenvalue weighted by atomic mass is 16.7. The van der Waals surface area contributed by atoms with Gasteiger partial charge in [0.15, 0.2) is 11.4 Å². The summed E-state index contributed by atoms with van der Waals surface area (Å²) in [6.07, 6.45) is 1.78. The number of fused-ring (bicyclic) bond motifs is 10. The van der Waals surface area contributed by atoms with Crippen LogP contribution >= 0.6 is 0 Å². The highest BCUT2D eigenvalue weighted by molar-refractivity contribution is 6.06. The van der Waals surface area contributed by atoms with Crippen molar-refractivity contribution in [2.45, 2.75) is 152 Å². The maximum absolute atomic E-state index is 14.2. The number of rotatable bonds is 1. The van der Waals surface area contributed by atoms with Crippen LogP contribution in [-0.4, -0.2) is 78.5 Å². The van der Waals surface area contributed by atoms with E-state index in [1.165, 1.54) is 16.6 Å². The maximum Gasteiger partial charge on any atom is 0.169 e. The van der Waals surface area contributed by atoms with Crippen LogP contribution in [0.3, 0.4) is 0 Å². The molecule has 8 nitrogen and oxygen atoms in total. The van der Waals surface area contributed by atoms with E-state index in [-0.39, 0.29) is 23.0 Å².